The fourth-order valence-corrected chi connectivity index (χ4v) is 3.48. The van der Waals surface area contributed by atoms with E-state index in [2.05, 4.69) is 44.2 Å². The molecule has 0 radical (unpaired) electrons. The Morgan fingerprint density at radius 2 is 1.96 bits per heavy atom. The number of piperidine rings is 1. The molecule has 0 saturated carbocycles. The van der Waals surface area contributed by atoms with Crippen molar-refractivity contribution in [3.63, 3.8) is 0 Å². The number of carboxylic acids is 1. The van der Waals surface area contributed by atoms with Crippen LogP contribution in [0.2, 0.25) is 18.1 Å². The van der Waals surface area contributed by atoms with Crippen molar-refractivity contribution in [3.8, 4) is 0 Å². The summed E-state index contributed by atoms with van der Waals surface area (Å²) in [5, 5.41) is 20.6. The van der Waals surface area contributed by atoms with Gasteiger partial charge in [-0.3, -0.25) is 0 Å². The fourth-order valence-electron chi connectivity index (χ4n) is 2.42. The maximum absolute atomic E-state index is 10.1. The number of carbonyl (C=O) groups is 1. The Kier molecular flexibility index (Phi) is 8.30. The lowest BCUT2D eigenvalue weighted by Gasteiger charge is -2.36. The summed E-state index contributed by atoms with van der Waals surface area (Å²) >= 11 is 0. The molecule has 144 valence electrons. The minimum atomic E-state index is -1.51. The van der Waals surface area contributed by atoms with Gasteiger partial charge in [0.25, 0.3) is 0 Å². The smallest absolute Gasteiger partial charge is 0.350 e. The highest BCUT2D eigenvalue weighted by molar-refractivity contribution is 6.74. The van der Waals surface area contributed by atoms with E-state index in [0.717, 1.165) is 12.5 Å². The normalized spacial score (nSPS) is 18.9. The lowest BCUT2D eigenvalue weighted by molar-refractivity contribution is -0.129. The number of nitrogens with zero attached hydrogens (tertiary/aromatic N) is 1. The van der Waals surface area contributed by atoms with E-state index in [1.807, 2.05) is 0 Å². The molecule has 1 fully saturated rings. The maximum Gasteiger partial charge on any atom is 0.350 e. The summed E-state index contributed by atoms with van der Waals surface area (Å²) in [4.78, 5) is 13.4. The third-order valence-corrected chi connectivity index (χ3v) is 9.77. The molecule has 0 aliphatic carbocycles. The topological polar surface area (TPSA) is 91.2 Å². The molecule has 25 heavy (non-hydrogen) atoms. The van der Waals surface area contributed by atoms with Crippen LogP contribution in [0.15, 0.2) is 17.0 Å². The second kappa shape index (κ2) is 9.50. The molecule has 3 N–H and O–H groups in total. The minimum Gasteiger partial charge on any atom is -0.493 e. The summed E-state index contributed by atoms with van der Waals surface area (Å²) in [6.07, 6.45) is 5.50. The van der Waals surface area contributed by atoms with E-state index >= 15 is 0 Å². The quantitative estimate of drug-likeness (QED) is 0.642. The van der Waals surface area contributed by atoms with Crippen LogP contribution in [0.5, 0.6) is 0 Å². The number of hydrogen-bond donors (Lipinski definition) is 3. The van der Waals surface area contributed by atoms with Crippen molar-refractivity contribution in [2.75, 3.05) is 19.7 Å². The summed E-state index contributed by atoms with van der Waals surface area (Å²) in [6.45, 7) is 15.0. The lowest BCUT2D eigenvalue weighted by atomic mass is 9.95. The zero-order valence-electron chi connectivity index (χ0n) is 16.3. The molecule has 0 unspecified atom stereocenters. The number of aliphatic hydroxyl groups is 1. The van der Waals surface area contributed by atoms with Gasteiger partial charge in [0.1, 0.15) is 5.71 Å². The Hall–Kier alpha value is -1.18. The lowest BCUT2D eigenvalue weighted by Crippen LogP contribution is -2.41. The fraction of sp³-hybridized carbons (Fsp3) is 0.778. The Balaban J connectivity index is 0.000000293. The number of nitrogens with one attached hydrogen (secondary N) is 1. The van der Waals surface area contributed by atoms with Crippen molar-refractivity contribution in [2.24, 2.45) is 10.9 Å². The highest BCUT2D eigenvalue weighted by atomic mass is 28.4. The second-order valence-corrected chi connectivity index (χ2v) is 13.0. The first-order valence-corrected chi connectivity index (χ1v) is 12.0. The van der Waals surface area contributed by atoms with Crippen molar-refractivity contribution >= 4 is 20.0 Å². The van der Waals surface area contributed by atoms with Gasteiger partial charge in [-0.2, -0.15) is 0 Å². The Morgan fingerprint density at radius 1 is 1.36 bits per heavy atom. The van der Waals surface area contributed by atoms with Gasteiger partial charge in [0.05, 0.1) is 0 Å². The third kappa shape index (κ3) is 7.71. The Labute approximate surface area is 152 Å². The van der Waals surface area contributed by atoms with Crippen molar-refractivity contribution < 1.29 is 19.4 Å². The predicted molar refractivity (Wildman–Crippen MR) is 104 cm³/mol. The van der Waals surface area contributed by atoms with Gasteiger partial charge in [0.15, 0.2) is 8.32 Å². The van der Waals surface area contributed by atoms with Crippen molar-refractivity contribution in [1.29, 1.82) is 0 Å². The number of aliphatic carboxylic acids is 1. The number of aliphatic hydroxyl groups excluding tert-OH is 1. The van der Waals surface area contributed by atoms with Gasteiger partial charge >= 0.3 is 5.97 Å². The number of aliphatic imine (C=N–C) groups is 1. The summed E-state index contributed by atoms with van der Waals surface area (Å²) in [5.74, 6) is -0.381. The first kappa shape index (κ1) is 21.9. The molecule has 0 amide bonds. The highest BCUT2D eigenvalue weighted by Crippen LogP contribution is 2.36. The van der Waals surface area contributed by atoms with Gasteiger partial charge in [-0.15, -0.1) is 0 Å². The monoisotopic (exact) mass is 370 g/mol. The van der Waals surface area contributed by atoms with Gasteiger partial charge in [-0.1, -0.05) is 20.8 Å². The Morgan fingerprint density at radius 3 is 2.36 bits per heavy atom. The Bertz CT molecular complexity index is 504. The van der Waals surface area contributed by atoms with Gasteiger partial charge in [-0.05, 0) is 62.5 Å². The van der Waals surface area contributed by atoms with Crippen LogP contribution in [0.4, 0.5) is 0 Å². The number of hydrogen-bond acceptors (Lipinski definition) is 5. The summed E-state index contributed by atoms with van der Waals surface area (Å²) in [7, 11) is -1.51. The first-order valence-electron chi connectivity index (χ1n) is 9.07. The molecule has 6 nitrogen and oxygen atoms in total. The average Bonchev–Trinajstić information content (AvgIpc) is 2.95. The highest BCUT2D eigenvalue weighted by Gasteiger charge is 2.37. The molecule has 1 saturated heterocycles. The standard InChI is InChI=1S/C13H29NOSi.C5H5NO3/c1-13(2,3)16(4,5)15-11-8-12-6-9-14-10-7-12;7-4-2-1-3(6-4)5(8)9/h12,14H,6-11H2,1-5H3;2,7H,1H2,(H,8,9). The van der Waals surface area contributed by atoms with Crippen LogP contribution in [0, 0.1) is 5.92 Å². The van der Waals surface area contributed by atoms with Crippen LogP contribution in [-0.2, 0) is 9.22 Å². The van der Waals surface area contributed by atoms with E-state index in [9.17, 15) is 4.79 Å². The summed E-state index contributed by atoms with van der Waals surface area (Å²) in [5.41, 5.74) is -0.00694. The zero-order valence-corrected chi connectivity index (χ0v) is 17.3. The molecule has 7 heteroatoms. The molecule has 0 atom stereocenters. The third-order valence-electron chi connectivity index (χ3n) is 5.23. The second-order valence-electron chi connectivity index (χ2n) is 8.22. The summed E-state index contributed by atoms with van der Waals surface area (Å²) < 4.78 is 6.22. The van der Waals surface area contributed by atoms with Crippen LogP contribution in [0.3, 0.4) is 0 Å². The number of allylic oxidation sites excluding steroid dienone is 1. The SMILES string of the molecule is CC(C)(C)[Si](C)(C)OCCC1CCNCC1.O=C(O)C1=NC(O)=CC1. The van der Waals surface area contributed by atoms with E-state index in [-0.39, 0.29) is 18.0 Å². The van der Waals surface area contributed by atoms with Gasteiger partial charge in [0.2, 0.25) is 5.88 Å². The van der Waals surface area contributed by atoms with E-state index in [1.165, 1.54) is 38.4 Å². The van der Waals surface area contributed by atoms with Crippen molar-refractivity contribution in [3.05, 3.63) is 12.0 Å². The molecule has 2 heterocycles. The van der Waals surface area contributed by atoms with Crippen LogP contribution < -0.4 is 5.32 Å². The predicted octanol–water partition coefficient (Wildman–Crippen LogP) is 3.71. The van der Waals surface area contributed by atoms with Crippen LogP contribution >= 0.6 is 0 Å². The molecule has 2 aliphatic rings. The molecule has 0 aromatic rings. The maximum atomic E-state index is 10.1. The van der Waals surface area contributed by atoms with Gasteiger partial charge < -0.3 is 20.0 Å². The average molecular weight is 371 g/mol. The molecule has 2 aliphatic heterocycles. The number of rotatable bonds is 5. The number of carboxylic acid groups (broad SMARTS) is 1. The van der Waals surface area contributed by atoms with E-state index in [0.29, 0.717) is 5.04 Å². The van der Waals surface area contributed by atoms with Gasteiger partial charge in [0, 0.05) is 13.0 Å². The molecule has 0 aromatic heterocycles. The molecular formula is C18H34N2O4Si. The molecule has 0 spiro atoms. The van der Waals surface area contributed by atoms with Crippen molar-refractivity contribution in [1.82, 2.24) is 5.32 Å². The van der Waals surface area contributed by atoms with Crippen LogP contribution in [-0.4, -0.2) is 49.9 Å². The van der Waals surface area contributed by atoms with E-state index in [1.54, 1.807) is 0 Å². The van der Waals surface area contributed by atoms with Crippen LogP contribution in [0.1, 0.15) is 46.5 Å². The summed E-state index contributed by atoms with van der Waals surface area (Å²) in [6, 6.07) is 0. The van der Waals surface area contributed by atoms with Crippen molar-refractivity contribution in [2.45, 2.75) is 64.6 Å². The first-order chi connectivity index (χ1) is 11.5. The van der Waals surface area contributed by atoms with Gasteiger partial charge in [-0.25, -0.2) is 9.79 Å². The minimum absolute atomic E-state index is 0.00694. The molecular weight excluding hydrogens is 336 g/mol. The van der Waals surface area contributed by atoms with Crippen LogP contribution in [0.25, 0.3) is 0 Å². The largest absolute Gasteiger partial charge is 0.493 e. The molecule has 0 aromatic carbocycles. The molecule has 0 bridgehead atoms. The molecule has 2 rings (SSSR count). The zero-order chi connectivity index (χ0) is 19.1. The van der Waals surface area contributed by atoms with E-state index < -0.39 is 14.3 Å². The van der Waals surface area contributed by atoms with E-state index in [4.69, 9.17) is 14.6 Å².